The molecule has 96 valence electrons. The van der Waals surface area contributed by atoms with Crippen LogP contribution in [0.25, 0.3) is 0 Å². The molecular formula is C11H16BrNO3S. The van der Waals surface area contributed by atoms with Crippen molar-refractivity contribution in [1.29, 1.82) is 0 Å². The molecule has 4 nitrogen and oxygen atoms in total. The fourth-order valence-corrected chi connectivity index (χ4v) is 2.92. The van der Waals surface area contributed by atoms with E-state index in [0.717, 1.165) is 10.0 Å². The van der Waals surface area contributed by atoms with Crippen molar-refractivity contribution in [2.75, 3.05) is 19.4 Å². The van der Waals surface area contributed by atoms with E-state index in [2.05, 4.69) is 15.9 Å². The Labute approximate surface area is 110 Å². The van der Waals surface area contributed by atoms with Crippen LogP contribution >= 0.6 is 15.9 Å². The minimum Gasteiger partial charge on any atom is -0.396 e. The number of benzene rings is 1. The minimum absolute atomic E-state index is 0.0234. The van der Waals surface area contributed by atoms with Gasteiger partial charge in [0.1, 0.15) is 0 Å². The van der Waals surface area contributed by atoms with Crippen LogP contribution in [0, 0.1) is 0 Å². The smallest absolute Gasteiger partial charge is 0.214 e. The first-order chi connectivity index (χ1) is 7.97. The number of halogens is 1. The Morgan fingerprint density at radius 3 is 2.59 bits per heavy atom. The van der Waals surface area contributed by atoms with Crippen molar-refractivity contribution in [2.45, 2.75) is 13.0 Å². The molecular weight excluding hydrogens is 306 g/mol. The zero-order valence-electron chi connectivity index (χ0n) is 9.63. The highest BCUT2D eigenvalue weighted by molar-refractivity contribution is 9.10. The average molecular weight is 322 g/mol. The van der Waals surface area contributed by atoms with E-state index in [4.69, 9.17) is 5.11 Å². The number of aliphatic hydroxyl groups excluding tert-OH is 1. The van der Waals surface area contributed by atoms with Gasteiger partial charge in [-0.3, -0.25) is 0 Å². The number of rotatable bonds is 6. The Balaban J connectivity index is 2.72. The topological polar surface area (TPSA) is 57.6 Å². The molecule has 17 heavy (non-hydrogen) atoms. The highest BCUT2D eigenvalue weighted by Gasteiger charge is 2.18. The first-order valence-corrected chi connectivity index (χ1v) is 7.66. The van der Waals surface area contributed by atoms with Gasteiger partial charge in [-0.05, 0) is 18.1 Å². The van der Waals surface area contributed by atoms with Crippen molar-refractivity contribution in [3.8, 4) is 0 Å². The number of aliphatic hydroxyl groups is 1. The summed E-state index contributed by atoms with van der Waals surface area (Å²) in [4.78, 5) is 0. The second kappa shape index (κ2) is 6.49. The van der Waals surface area contributed by atoms with E-state index >= 15 is 0 Å². The molecule has 0 radical (unpaired) electrons. The van der Waals surface area contributed by atoms with Crippen molar-refractivity contribution in [3.63, 3.8) is 0 Å². The van der Waals surface area contributed by atoms with Crippen LogP contribution in [0.2, 0.25) is 0 Å². The summed E-state index contributed by atoms with van der Waals surface area (Å²) in [6.07, 6.45) is 0.267. The molecule has 6 heteroatoms. The lowest BCUT2D eigenvalue weighted by atomic mass is 10.2. The van der Waals surface area contributed by atoms with E-state index in [1.54, 1.807) is 7.05 Å². The van der Waals surface area contributed by atoms with E-state index < -0.39 is 10.0 Å². The first kappa shape index (κ1) is 14.6. The van der Waals surface area contributed by atoms with Crippen LogP contribution in [0.3, 0.4) is 0 Å². The lowest BCUT2D eigenvalue weighted by Gasteiger charge is -2.17. The van der Waals surface area contributed by atoms with Crippen molar-refractivity contribution >= 4 is 26.0 Å². The molecule has 0 aromatic heterocycles. The van der Waals surface area contributed by atoms with Gasteiger partial charge in [0, 0.05) is 24.7 Å². The van der Waals surface area contributed by atoms with Gasteiger partial charge in [-0.1, -0.05) is 34.1 Å². The summed E-state index contributed by atoms with van der Waals surface area (Å²) in [5, 5.41) is 8.65. The maximum Gasteiger partial charge on any atom is 0.214 e. The molecule has 0 saturated heterocycles. The Morgan fingerprint density at radius 1 is 1.35 bits per heavy atom. The second-order valence-electron chi connectivity index (χ2n) is 3.74. The van der Waals surface area contributed by atoms with Crippen LogP contribution in [-0.4, -0.2) is 37.2 Å². The van der Waals surface area contributed by atoms with E-state index in [1.165, 1.54) is 4.31 Å². The fourth-order valence-electron chi connectivity index (χ4n) is 1.37. The van der Waals surface area contributed by atoms with Crippen LogP contribution in [0.1, 0.15) is 12.0 Å². The number of hydrogen-bond acceptors (Lipinski definition) is 3. The molecule has 1 N–H and O–H groups in total. The molecule has 0 aliphatic heterocycles. The Hall–Kier alpha value is -0.430. The molecule has 0 bridgehead atoms. The van der Waals surface area contributed by atoms with E-state index in [9.17, 15) is 8.42 Å². The summed E-state index contributed by atoms with van der Waals surface area (Å²) in [6.45, 7) is 0.220. The van der Waals surface area contributed by atoms with Gasteiger partial charge in [-0.2, -0.15) is 0 Å². The van der Waals surface area contributed by atoms with Crippen molar-refractivity contribution < 1.29 is 13.5 Å². The molecule has 0 aliphatic rings. The Morgan fingerprint density at radius 2 is 2.00 bits per heavy atom. The Kier molecular flexibility index (Phi) is 5.58. The van der Waals surface area contributed by atoms with Crippen LogP contribution in [0.4, 0.5) is 0 Å². The maximum atomic E-state index is 11.8. The molecule has 0 aliphatic carbocycles. The van der Waals surface area contributed by atoms with Gasteiger partial charge < -0.3 is 5.11 Å². The standard InChI is InChI=1S/C11H16BrNO3S/c1-13(17(15,16)8-4-7-14)9-10-5-2-3-6-11(10)12/h2-3,5-6,14H,4,7-9H2,1H3. The molecule has 0 fully saturated rings. The average Bonchev–Trinajstić information content (AvgIpc) is 2.29. The monoisotopic (exact) mass is 321 g/mol. The SMILES string of the molecule is CN(Cc1ccccc1Br)S(=O)(=O)CCCO. The summed E-state index contributed by atoms with van der Waals surface area (Å²) >= 11 is 3.38. The highest BCUT2D eigenvalue weighted by atomic mass is 79.9. The van der Waals surface area contributed by atoms with Gasteiger partial charge in [0.05, 0.1) is 5.75 Å². The second-order valence-corrected chi connectivity index (χ2v) is 6.79. The molecule has 1 rings (SSSR count). The molecule has 1 aromatic rings. The first-order valence-electron chi connectivity index (χ1n) is 5.25. The quantitative estimate of drug-likeness (QED) is 0.865. The molecule has 0 heterocycles. The largest absolute Gasteiger partial charge is 0.396 e. The third-order valence-electron chi connectivity index (χ3n) is 2.39. The summed E-state index contributed by atoms with van der Waals surface area (Å²) < 4.78 is 25.8. The fraction of sp³-hybridized carbons (Fsp3) is 0.455. The van der Waals surface area contributed by atoms with Crippen LogP contribution < -0.4 is 0 Å². The van der Waals surface area contributed by atoms with Crippen LogP contribution in [0.15, 0.2) is 28.7 Å². The third-order valence-corrected chi connectivity index (χ3v) is 5.04. The van der Waals surface area contributed by atoms with E-state index in [-0.39, 0.29) is 18.8 Å². The van der Waals surface area contributed by atoms with Gasteiger partial charge in [-0.25, -0.2) is 12.7 Å². The summed E-state index contributed by atoms with van der Waals surface area (Å²) in [5.74, 6) is -0.0234. The van der Waals surface area contributed by atoms with Gasteiger partial charge in [-0.15, -0.1) is 0 Å². The van der Waals surface area contributed by atoms with Gasteiger partial charge in [0.15, 0.2) is 0 Å². The number of sulfonamides is 1. The summed E-state index contributed by atoms with van der Waals surface area (Å²) in [6, 6.07) is 7.51. The maximum absolute atomic E-state index is 11.8. The zero-order valence-corrected chi connectivity index (χ0v) is 12.0. The molecule has 0 saturated carbocycles. The van der Waals surface area contributed by atoms with Crippen molar-refractivity contribution in [1.82, 2.24) is 4.31 Å². The lowest BCUT2D eigenvalue weighted by molar-refractivity contribution is 0.294. The zero-order chi connectivity index (χ0) is 12.9. The third kappa shape index (κ3) is 4.39. The highest BCUT2D eigenvalue weighted by Crippen LogP contribution is 2.18. The van der Waals surface area contributed by atoms with Crippen LogP contribution in [0.5, 0.6) is 0 Å². The number of hydrogen-bond donors (Lipinski definition) is 1. The predicted octanol–water partition coefficient (Wildman–Crippen LogP) is 1.59. The molecule has 0 amide bonds. The van der Waals surface area contributed by atoms with E-state index in [0.29, 0.717) is 6.54 Å². The Bertz CT molecular complexity index is 462. The van der Waals surface area contributed by atoms with Gasteiger partial charge in [0.25, 0.3) is 0 Å². The van der Waals surface area contributed by atoms with Gasteiger partial charge >= 0.3 is 0 Å². The van der Waals surface area contributed by atoms with Crippen molar-refractivity contribution in [2.24, 2.45) is 0 Å². The van der Waals surface area contributed by atoms with Gasteiger partial charge in [0.2, 0.25) is 10.0 Å². The number of nitrogens with zero attached hydrogens (tertiary/aromatic N) is 1. The summed E-state index contributed by atoms with van der Waals surface area (Å²) in [7, 11) is -1.74. The molecule has 0 unspecified atom stereocenters. The van der Waals surface area contributed by atoms with Crippen molar-refractivity contribution in [3.05, 3.63) is 34.3 Å². The summed E-state index contributed by atoms with van der Waals surface area (Å²) in [5.41, 5.74) is 0.919. The molecule has 0 spiro atoms. The molecule has 1 aromatic carbocycles. The molecule has 0 atom stereocenters. The van der Waals surface area contributed by atoms with Crippen LogP contribution in [-0.2, 0) is 16.6 Å². The predicted molar refractivity (Wildman–Crippen MR) is 71.1 cm³/mol. The minimum atomic E-state index is -3.28. The lowest BCUT2D eigenvalue weighted by Crippen LogP contribution is -2.29. The van der Waals surface area contributed by atoms with E-state index in [1.807, 2.05) is 24.3 Å². The normalized spacial score (nSPS) is 12.0.